The first-order valence-electron chi connectivity index (χ1n) is 5.43. The van der Waals surface area contributed by atoms with E-state index in [2.05, 4.69) is 0 Å². The molecule has 9 heteroatoms. The average Bonchev–Trinajstić information content (AvgIpc) is 2.41. The fourth-order valence-electron chi connectivity index (χ4n) is 1.45. The second-order valence-corrected chi connectivity index (χ2v) is 5.84. The van der Waals surface area contributed by atoms with Crippen LogP contribution in [0.5, 0.6) is 5.75 Å². The third-order valence-corrected chi connectivity index (χ3v) is 3.92. The Hall–Kier alpha value is -2.19. The molecule has 0 fully saturated rings. The summed E-state index contributed by atoms with van der Waals surface area (Å²) >= 11 is 5.65. The summed E-state index contributed by atoms with van der Waals surface area (Å²) in [5.41, 5.74) is -0.948. The molecule has 6 nitrogen and oxygen atoms in total. The molecule has 21 heavy (non-hydrogen) atoms. The van der Waals surface area contributed by atoms with Crippen molar-refractivity contribution >= 4 is 27.4 Å². The fourth-order valence-corrected chi connectivity index (χ4v) is 2.53. The first-order valence-corrected chi connectivity index (χ1v) is 7.22. The molecule has 2 aromatic rings. The van der Waals surface area contributed by atoms with E-state index in [0.717, 1.165) is 6.07 Å². The van der Waals surface area contributed by atoms with E-state index in [4.69, 9.17) is 15.8 Å². The molecule has 0 bridgehead atoms. The molecule has 0 aromatic heterocycles. The lowest BCUT2D eigenvalue weighted by Crippen LogP contribution is -2.10. The van der Waals surface area contributed by atoms with Gasteiger partial charge in [0.1, 0.15) is 10.6 Å². The lowest BCUT2D eigenvalue weighted by atomic mass is 10.3. The van der Waals surface area contributed by atoms with E-state index in [9.17, 15) is 22.9 Å². The van der Waals surface area contributed by atoms with Gasteiger partial charge < -0.3 is 4.18 Å². The number of nitro groups is 1. The van der Waals surface area contributed by atoms with Crippen LogP contribution in [0.1, 0.15) is 0 Å². The standard InChI is InChI=1S/C12H7ClFNO5S/c13-8-1-3-9(4-2-8)20-21(18,19)10-5-6-11(14)12(7-10)15(16)17/h1-7H. The van der Waals surface area contributed by atoms with Crippen LogP contribution in [0.4, 0.5) is 10.1 Å². The van der Waals surface area contributed by atoms with Crippen molar-refractivity contribution in [3.8, 4) is 5.75 Å². The summed E-state index contributed by atoms with van der Waals surface area (Å²) in [5.74, 6) is -1.16. The van der Waals surface area contributed by atoms with Crippen LogP contribution in [-0.4, -0.2) is 13.3 Å². The van der Waals surface area contributed by atoms with Crippen molar-refractivity contribution in [1.82, 2.24) is 0 Å². The van der Waals surface area contributed by atoms with Crippen LogP contribution in [-0.2, 0) is 10.1 Å². The van der Waals surface area contributed by atoms with Crippen LogP contribution in [0.15, 0.2) is 47.4 Å². The first kappa shape index (κ1) is 15.2. The molecule has 0 amide bonds. The summed E-state index contributed by atoms with van der Waals surface area (Å²) in [7, 11) is -4.31. The molecule has 110 valence electrons. The van der Waals surface area contributed by atoms with Gasteiger partial charge in [-0.05, 0) is 36.4 Å². The second kappa shape index (κ2) is 5.66. The van der Waals surface area contributed by atoms with Gasteiger partial charge in [-0.1, -0.05) is 11.6 Å². The van der Waals surface area contributed by atoms with Crippen LogP contribution in [0.25, 0.3) is 0 Å². The predicted molar refractivity (Wildman–Crippen MR) is 72.3 cm³/mol. The van der Waals surface area contributed by atoms with E-state index in [-0.39, 0.29) is 5.75 Å². The molecule has 0 saturated carbocycles. The van der Waals surface area contributed by atoms with Gasteiger partial charge in [0.05, 0.1) is 4.92 Å². The van der Waals surface area contributed by atoms with Gasteiger partial charge >= 0.3 is 15.8 Å². The first-order chi connectivity index (χ1) is 9.79. The van der Waals surface area contributed by atoms with E-state index in [1.165, 1.54) is 24.3 Å². The van der Waals surface area contributed by atoms with Crippen molar-refractivity contribution < 1.29 is 21.9 Å². The molecule has 0 spiro atoms. The average molecular weight is 332 g/mol. The molecule has 0 aliphatic carbocycles. The highest BCUT2D eigenvalue weighted by molar-refractivity contribution is 7.87. The monoisotopic (exact) mass is 331 g/mol. The number of benzene rings is 2. The zero-order chi connectivity index (χ0) is 15.6. The van der Waals surface area contributed by atoms with Crippen molar-refractivity contribution in [3.05, 3.63) is 63.4 Å². The highest BCUT2D eigenvalue weighted by Gasteiger charge is 2.23. The molecule has 0 radical (unpaired) electrons. The number of hydrogen-bond donors (Lipinski definition) is 0. The third-order valence-electron chi connectivity index (χ3n) is 2.42. The van der Waals surface area contributed by atoms with Gasteiger partial charge in [0.25, 0.3) is 0 Å². The van der Waals surface area contributed by atoms with Crippen LogP contribution in [0.3, 0.4) is 0 Å². The molecule has 2 rings (SSSR count). The summed E-state index contributed by atoms with van der Waals surface area (Å²) in [5, 5.41) is 11.0. The molecule has 0 unspecified atom stereocenters. The van der Waals surface area contributed by atoms with Gasteiger partial charge in [0, 0.05) is 11.1 Å². The molecule has 0 atom stereocenters. The van der Waals surface area contributed by atoms with Crippen molar-refractivity contribution in [2.45, 2.75) is 4.90 Å². The summed E-state index contributed by atoms with van der Waals surface area (Å²) in [6.45, 7) is 0. The Bertz CT molecular complexity index is 792. The minimum atomic E-state index is -4.31. The Morgan fingerprint density at radius 2 is 1.76 bits per heavy atom. The quantitative estimate of drug-likeness (QED) is 0.488. The Morgan fingerprint density at radius 3 is 2.33 bits per heavy atom. The number of halogens is 2. The normalized spacial score (nSPS) is 11.1. The molecule has 0 heterocycles. The Balaban J connectivity index is 2.38. The minimum Gasteiger partial charge on any atom is -0.379 e. The van der Waals surface area contributed by atoms with Crippen LogP contribution in [0.2, 0.25) is 5.02 Å². The molecule has 0 aliphatic rings. The summed E-state index contributed by atoms with van der Waals surface area (Å²) in [6.07, 6.45) is 0. The zero-order valence-electron chi connectivity index (χ0n) is 10.2. The van der Waals surface area contributed by atoms with E-state index in [1.807, 2.05) is 0 Å². The number of rotatable bonds is 4. The van der Waals surface area contributed by atoms with E-state index >= 15 is 0 Å². The van der Waals surface area contributed by atoms with E-state index in [0.29, 0.717) is 17.2 Å². The molecule has 0 saturated heterocycles. The van der Waals surface area contributed by atoms with Crippen molar-refractivity contribution in [2.24, 2.45) is 0 Å². The Morgan fingerprint density at radius 1 is 1.14 bits per heavy atom. The van der Waals surface area contributed by atoms with Crippen molar-refractivity contribution in [3.63, 3.8) is 0 Å². The summed E-state index contributed by atoms with van der Waals surface area (Å²) in [6, 6.07) is 7.64. The van der Waals surface area contributed by atoms with Gasteiger partial charge in [-0.25, -0.2) is 0 Å². The topological polar surface area (TPSA) is 86.5 Å². The van der Waals surface area contributed by atoms with Gasteiger partial charge in [-0.15, -0.1) is 0 Å². The maximum Gasteiger partial charge on any atom is 0.339 e. The Labute approximate surface area is 124 Å². The Kier molecular flexibility index (Phi) is 4.10. The molecule has 0 N–H and O–H groups in total. The van der Waals surface area contributed by atoms with Crippen molar-refractivity contribution in [1.29, 1.82) is 0 Å². The SMILES string of the molecule is O=[N+]([O-])c1cc(S(=O)(=O)Oc2ccc(Cl)cc2)ccc1F. The van der Waals surface area contributed by atoms with Gasteiger partial charge in [0.15, 0.2) is 0 Å². The lowest BCUT2D eigenvalue weighted by Gasteiger charge is -2.07. The van der Waals surface area contributed by atoms with Crippen LogP contribution < -0.4 is 4.18 Å². The summed E-state index contributed by atoms with van der Waals surface area (Å²) < 4.78 is 41.9. The number of nitrogens with zero attached hydrogens (tertiary/aromatic N) is 1. The zero-order valence-corrected chi connectivity index (χ0v) is 11.8. The van der Waals surface area contributed by atoms with Crippen LogP contribution >= 0.6 is 11.6 Å². The smallest absolute Gasteiger partial charge is 0.339 e. The highest BCUT2D eigenvalue weighted by atomic mass is 35.5. The maximum atomic E-state index is 13.2. The van der Waals surface area contributed by atoms with Crippen molar-refractivity contribution in [2.75, 3.05) is 0 Å². The van der Waals surface area contributed by atoms with E-state index in [1.54, 1.807) is 0 Å². The van der Waals surface area contributed by atoms with Crippen LogP contribution in [0, 0.1) is 15.9 Å². The minimum absolute atomic E-state index is 0.0219. The fraction of sp³-hybridized carbons (Fsp3) is 0. The highest BCUT2D eigenvalue weighted by Crippen LogP contribution is 2.25. The lowest BCUT2D eigenvalue weighted by molar-refractivity contribution is -0.387. The molecular weight excluding hydrogens is 325 g/mol. The number of hydrogen-bond acceptors (Lipinski definition) is 5. The van der Waals surface area contributed by atoms with Gasteiger partial charge in [-0.3, -0.25) is 10.1 Å². The number of nitro benzene ring substituents is 1. The van der Waals surface area contributed by atoms with Gasteiger partial charge in [-0.2, -0.15) is 12.8 Å². The third kappa shape index (κ3) is 3.47. The summed E-state index contributed by atoms with van der Waals surface area (Å²) in [4.78, 5) is 9.07. The molecule has 2 aromatic carbocycles. The predicted octanol–water partition coefficient (Wildman–Crippen LogP) is 3.16. The van der Waals surface area contributed by atoms with Gasteiger partial charge in [0.2, 0.25) is 5.82 Å². The molecular formula is C12H7ClFNO5S. The second-order valence-electron chi connectivity index (χ2n) is 3.86. The van der Waals surface area contributed by atoms with E-state index < -0.39 is 31.4 Å². The largest absolute Gasteiger partial charge is 0.379 e. The maximum absolute atomic E-state index is 13.2. The molecule has 0 aliphatic heterocycles.